The number of phenols is 1. The molecule has 0 aliphatic rings. The Kier molecular flexibility index (Phi) is 4.57. The third kappa shape index (κ3) is 2.40. The predicted octanol–water partition coefficient (Wildman–Crippen LogP) is 1.06. The molecule has 0 spiro atoms. The van der Waals surface area contributed by atoms with Crippen LogP contribution in [0.15, 0.2) is 18.2 Å². The van der Waals surface area contributed by atoms with Crippen LogP contribution in [0.3, 0.4) is 0 Å². The number of methoxy groups -OCH3 is 1. The van der Waals surface area contributed by atoms with Crippen LogP contribution in [-0.2, 0) is 0 Å². The van der Waals surface area contributed by atoms with Crippen molar-refractivity contribution in [2.45, 2.75) is 6.92 Å². The number of ether oxygens (including phenoxy) is 1. The number of benzene rings is 1. The van der Waals surface area contributed by atoms with Crippen LogP contribution < -0.4 is 4.74 Å². The molecule has 0 unspecified atom stereocenters. The van der Waals surface area contributed by atoms with E-state index >= 15 is 0 Å². The summed E-state index contributed by atoms with van der Waals surface area (Å²) in [6.07, 6.45) is 0. The van der Waals surface area contributed by atoms with E-state index < -0.39 is 0 Å². The summed E-state index contributed by atoms with van der Waals surface area (Å²) < 4.78 is 4.88. The molecule has 11 heavy (non-hydrogen) atoms. The average molecular weight is 162 g/mol. The Morgan fingerprint density at radius 3 is 2.45 bits per heavy atom. The monoisotopic (exact) mass is 162 g/mol. The number of phenolic OH excluding ortho intramolecular Hbond substituents is 1. The van der Waals surface area contributed by atoms with Gasteiger partial charge in [-0.15, -0.1) is 0 Å². The summed E-state index contributed by atoms with van der Waals surface area (Å²) in [6, 6.07) is 5.40. The van der Waals surface area contributed by atoms with Crippen molar-refractivity contribution in [3.63, 3.8) is 0 Å². The van der Waals surface area contributed by atoms with Crippen LogP contribution in [0.1, 0.15) is 5.56 Å². The second kappa shape index (κ2) is 4.65. The summed E-state index contributed by atoms with van der Waals surface area (Å²) in [5.74, 6) is 0.755. The van der Waals surface area contributed by atoms with Gasteiger partial charge in [-0.05, 0) is 18.6 Å². The molecule has 1 aromatic rings. The maximum atomic E-state index is 9.27. The standard InChI is InChI=1S/C8H10O2.Na.H/c1-6-4-3-5-7(10-2)8(6)9;;/h3-5,9H,1-2H3;;. The van der Waals surface area contributed by atoms with Crippen molar-refractivity contribution in [3.8, 4) is 11.5 Å². The second-order valence-corrected chi connectivity index (χ2v) is 2.13. The molecular formula is C8H11NaO2. The Hall–Kier alpha value is -0.180. The van der Waals surface area contributed by atoms with Crippen molar-refractivity contribution in [2.75, 3.05) is 7.11 Å². The molecule has 0 saturated heterocycles. The topological polar surface area (TPSA) is 29.5 Å². The van der Waals surface area contributed by atoms with Crippen LogP contribution in [0.2, 0.25) is 0 Å². The molecular weight excluding hydrogens is 151 g/mol. The zero-order chi connectivity index (χ0) is 7.56. The fourth-order valence-electron chi connectivity index (χ4n) is 0.797. The number of aryl methyl sites for hydroxylation is 1. The molecule has 1 aromatic carbocycles. The first kappa shape index (κ1) is 10.8. The molecule has 56 valence electrons. The van der Waals surface area contributed by atoms with Crippen molar-refractivity contribution in [3.05, 3.63) is 23.8 Å². The van der Waals surface area contributed by atoms with Crippen molar-refractivity contribution < 1.29 is 9.84 Å². The van der Waals surface area contributed by atoms with E-state index in [0.717, 1.165) is 5.56 Å². The van der Waals surface area contributed by atoms with Gasteiger partial charge in [-0.2, -0.15) is 0 Å². The first-order chi connectivity index (χ1) is 4.75. The van der Waals surface area contributed by atoms with Crippen LogP contribution in [-0.4, -0.2) is 41.8 Å². The van der Waals surface area contributed by atoms with Crippen molar-refractivity contribution in [1.29, 1.82) is 0 Å². The van der Waals surface area contributed by atoms with Gasteiger partial charge in [-0.3, -0.25) is 0 Å². The number of aromatic hydroxyl groups is 1. The third-order valence-electron chi connectivity index (χ3n) is 1.42. The Labute approximate surface area is 88.5 Å². The second-order valence-electron chi connectivity index (χ2n) is 2.13. The third-order valence-corrected chi connectivity index (χ3v) is 1.42. The molecule has 0 radical (unpaired) electrons. The molecule has 0 aliphatic carbocycles. The summed E-state index contributed by atoms with van der Waals surface area (Å²) in [4.78, 5) is 0. The van der Waals surface area contributed by atoms with Gasteiger partial charge >= 0.3 is 29.6 Å². The molecule has 0 bridgehead atoms. The van der Waals surface area contributed by atoms with E-state index in [1.807, 2.05) is 19.1 Å². The molecule has 0 heterocycles. The van der Waals surface area contributed by atoms with E-state index in [-0.39, 0.29) is 35.3 Å². The predicted molar refractivity (Wildman–Crippen MR) is 46.5 cm³/mol. The van der Waals surface area contributed by atoms with Gasteiger partial charge < -0.3 is 9.84 Å². The fourth-order valence-corrected chi connectivity index (χ4v) is 0.797. The van der Waals surface area contributed by atoms with Gasteiger partial charge in [0.2, 0.25) is 0 Å². The molecule has 1 rings (SSSR count). The van der Waals surface area contributed by atoms with Gasteiger partial charge in [0, 0.05) is 0 Å². The first-order valence-corrected chi connectivity index (χ1v) is 3.08. The summed E-state index contributed by atoms with van der Waals surface area (Å²) in [5, 5.41) is 9.27. The Bertz CT molecular complexity index is 236. The number of rotatable bonds is 1. The summed E-state index contributed by atoms with van der Waals surface area (Å²) in [5.41, 5.74) is 0.833. The normalized spacial score (nSPS) is 8.55. The van der Waals surface area contributed by atoms with Gasteiger partial charge in [0.15, 0.2) is 11.5 Å². The maximum absolute atomic E-state index is 9.27. The number of hydrogen-bond acceptors (Lipinski definition) is 2. The molecule has 2 nitrogen and oxygen atoms in total. The summed E-state index contributed by atoms with van der Waals surface area (Å²) >= 11 is 0. The van der Waals surface area contributed by atoms with Crippen molar-refractivity contribution >= 4 is 29.6 Å². The van der Waals surface area contributed by atoms with E-state index in [4.69, 9.17) is 4.74 Å². The zero-order valence-corrected chi connectivity index (χ0v) is 6.09. The number of para-hydroxylation sites is 1. The Morgan fingerprint density at radius 1 is 1.36 bits per heavy atom. The SMILES string of the molecule is COc1cccc(C)c1O.[NaH]. The Balaban J connectivity index is 0.000001000. The van der Waals surface area contributed by atoms with E-state index in [9.17, 15) is 5.11 Å². The van der Waals surface area contributed by atoms with E-state index in [2.05, 4.69) is 0 Å². The molecule has 0 amide bonds. The van der Waals surface area contributed by atoms with Gasteiger partial charge in [-0.25, -0.2) is 0 Å². The van der Waals surface area contributed by atoms with Crippen LogP contribution >= 0.6 is 0 Å². The van der Waals surface area contributed by atoms with Gasteiger partial charge in [-0.1, -0.05) is 12.1 Å². The zero-order valence-electron chi connectivity index (χ0n) is 6.09. The van der Waals surface area contributed by atoms with Gasteiger partial charge in [0.05, 0.1) is 7.11 Å². The van der Waals surface area contributed by atoms with Crippen LogP contribution in [0, 0.1) is 6.92 Å². The van der Waals surface area contributed by atoms with E-state index in [1.54, 1.807) is 6.07 Å². The summed E-state index contributed by atoms with van der Waals surface area (Å²) in [6.45, 7) is 1.83. The molecule has 0 atom stereocenters. The molecule has 1 N–H and O–H groups in total. The van der Waals surface area contributed by atoms with Crippen LogP contribution in [0.5, 0.6) is 11.5 Å². The molecule has 3 heteroatoms. The molecule has 0 aliphatic heterocycles. The van der Waals surface area contributed by atoms with Crippen LogP contribution in [0.25, 0.3) is 0 Å². The fraction of sp³-hybridized carbons (Fsp3) is 0.250. The number of hydrogen-bond donors (Lipinski definition) is 1. The van der Waals surface area contributed by atoms with Gasteiger partial charge in [0.1, 0.15) is 0 Å². The summed E-state index contributed by atoms with van der Waals surface area (Å²) in [7, 11) is 1.54. The van der Waals surface area contributed by atoms with Gasteiger partial charge in [0.25, 0.3) is 0 Å². The average Bonchev–Trinajstić information content (AvgIpc) is 1.95. The van der Waals surface area contributed by atoms with Crippen molar-refractivity contribution in [1.82, 2.24) is 0 Å². The van der Waals surface area contributed by atoms with E-state index in [1.165, 1.54) is 7.11 Å². The molecule has 0 saturated carbocycles. The Morgan fingerprint density at radius 2 is 2.00 bits per heavy atom. The molecule has 0 fully saturated rings. The minimum absolute atomic E-state index is 0. The quantitative estimate of drug-likeness (QED) is 0.626. The minimum atomic E-state index is 0. The molecule has 0 aromatic heterocycles. The first-order valence-electron chi connectivity index (χ1n) is 3.08. The van der Waals surface area contributed by atoms with Crippen LogP contribution in [0.4, 0.5) is 0 Å². The van der Waals surface area contributed by atoms with Crippen molar-refractivity contribution in [2.24, 2.45) is 0 Å². The van der Waals surface area contributed by atoms with E-state index in [0.29, 0.717) is 5.75 Å².